The number of hydrogen-bond donors (Lipinski definition) is 2. The summed E-state index contributed by atoms with van der Waals surface area (Å²) in [5, 5.41) is 12.6. The van der Waals surface area contributed by atoms with Gasteiger partial charge in [-0.3, -0.25) is 0 Å². The van der Waals surface area contributed by atoms with Gasteiger partial charge in [0, 0.05) is 24.6 Å². The van der Waals surface area contributed by atoms with Gasteiger partial charge in [-0.15, -0.1) is 5.10 Å². The molecule has 1 aromatic carbocycles. The number of nitrogens with zero attached hydrogens (tertiary/aromatic N) is 4. The van der Waals surface area contributed by atoms with Crippen molar-refractivity contribution >= 4 is 34.1 Å². The zero-order chi connectivity index (χ0) is 17.9. The quantitative estimate of drug-likeness (QED) is 0.509. The van der Waals surface area contributed by atoms with Gasteiger partial charge in [-0.1, -0.05) is 18.2 Å². The van der Waals surface area contributed by atoms with Crippen LogP contribution in [0.15, 0.2) is 47.2 Å². The van der Waals surface area contributed by atoms with Crippen molar-refractivity contribution in [2.24, 2.45) is 0 Å². The van der Waals surface area contributed by atoms with E-state index in [1.54, 1.807) is 23.1 Å². The molecule has 0 saturated heterocycles. The van der Waals surface area contributed by atoms with Gasteiger partial charge in [0.05, 0.1) is 23.4 Å². The number of nitrogens with one attached hydrogen (secondary N) is 1. The number of anilines is 2. The van der Waals surface area contributed by atoms with Crippen LogP contribution in [0.4, 0.5) is 11.8 Å². The summed E-state index contributed by atoms with van der Waals surface area (Å²) >= 11 is 1.61. The van der Waals surface area contributed by atoms with Crippen LogP contribution in [0, 0.1) is 0 Å². The van der Waals surface area contributed by atoms with Crippen molar-refractivity contribution < 1.29 is 4.74 Å². The average Bonchev–Trinajstić information content (AvgIpc) is 3.31. The molecule has 0 spiro atoms. The average molecular weight is 366 g/mol. The molecule has 0 aliphatic heterocycles. The fourth-order valence-electron chi connectivity index (χ4n) is 2.73. The predicted molar refractivity (Wildman–Crippen MR) is 105 cm³/mol. The lowest BCUT2D eigenvalue weighted by atomic mass is 10.1. The first-order valence-electron chi connectivity index (χ1n) is 8.15. The van der Waals surface area contributed by atoms with E-state index in [1.165, 1.54) is 0 Å². The van der Waals surface area contributed by atoms with E-state index in [1.807, 2.05) is 47.2 Å². The Balaban J connectivity index is 1.89. The van der Waals surface area contributed by atoms with Crippen LogP contribution in [0.3, 0.4) is 0 Å². The Labute approximate surface area is 154 Å². The Morgan fingerprint density at radius 1 is 1.19 bits per heavy atom. The number of aromatic nitrogens is 4. The molecule has 0 amide bonds. The molecule has 0 saturated carbocycles. The number of hydrogen-bond acceptors (Lipinski definition) is 7. The van der Waals surface area contributed by atoms with Gasteiger partial charge in [0.1, 0.15) is 5.82 Å². The van der Waals surface area contributed by atoms with Crippen LogP contribution in [-0.2, 0) is 4.74 Å². The highest BCUT2D eigenvalue weighted by Crippen LogP contribution is 2.33. The first-order chi connectivity index (χ1) is 12.8. The highest BCUT2D eigenvalue weighted by atomic mass is 32.1. The molecule has 3 aromatic heterocycles. The third-order valence-electron chi connectivity index (χ3n) is 3.95. The molecule has 0 bridgehead atoms. The number of rotatable bonds is 6. The number of nitrogen functional groups attached to an aromatic ring is 1. The van der Waals surface area contributed by atoms with Crippen molar-refractivity contribution in [3.8, 4) is 16.9 Å². The first kappa shape index (κ1) is 16.5. The van der Waals surface area contributed by atoms with Crippen molar-refractivity contribution in [2.45, 2.75) is 0 Å². The lowest BCUT2D eigenvalue weighted by Gasteiger charge is -2.07. The number of nitrogens with two attached hydrogens (primary N) is 1. The summed E-state index contributed by atoms with van der Waals surface area (Å²) in [6, 6.07) is 11.8. The van der Waals surface area contributed by atoms with Crippen LogP contribution >= 0.6 is 11.3 Å². The maximum Gasteiger partial charge on any atom is 0.225 e. The molecule has 7 nitrogen and oxygen atoms in total. The predicted octanol–water partition coefficient (Wildman–Crippen LogP) is 3.18. The molecule has 0 aliphatic rings. The number of thiophene rings is 1. The lowest BCUT2D eigenvalue weighted by molar-refractivity contribution is 0.210. The van der Waals surface area contributed by atoms with Crippen LogP contribution in [0.25, 0.3) is 28.0 Å². The van der Waals surface area contributed by atoms with E-state index < -0.39 is 0 Å². The van der Waals surface area contributed by atoms with Crippen LogP contribution < -0.4 is 11.1 Å². The molecule has 0 unspecified atom stereocenters. The van der Waals surface area contributed by atoms with E-state index in [9.17, 15) is 0 Å². The van der Waals surface area contributed by atoms with E-state index in [-0.39, 0.29) is 0 Å². The monoisotopic (exact) mass is 366 g/mol. The second kappa shape index (κ2) is 7.11. The van der Waals surface area contributed by atoms with Crippen LogP contribution in [0.5, 0.6) is 0 Å². The van der Waals surface area contributed by atoms with Gasteiger partial charge < -0.3 is 15.8 Å². The zero-order valence-corrected chi connectivity index (χ0v) is 15.0. The Morgan fingerprint density at radius 3 is 2.77 bits per heavy atom. The zero-order valence-electron chi connectivity index (χ0n) is 14.2. The Bertz CT molecular complexity index is 1010. The fraction of sp³-hybridized carbons (Fsp3) is 0.167. The summed E-state index contributed by atoms with van der Waals surface area (Å²) < 4.78 is 6.78. The van der Waals surface area contributed by atoms with Crippen molar-refractivity contribution in [3.63, 3.8) is 0 Å². The van der Waals surface area contributed by atoms with Crippen molar-refractivity contribution in [1.29, 1.82) is 0 Å². The van der Waals surface area contributed by atoms with Crippen molar-refractivity contribution in [2.75, 3.05) is 31.3 Å². The molecule has 3 N–H and O–H groups in total. The van der Waals surface area contributed by atoms with Gasteiger partial charge in [0.15, 0.2) is 5.65 Å². The summed E-state index contributed by atoms with van der Waals surface area (Å²) in [6.07, 6.45) is 0. The molecule has 4 aromatic rings. The molecule has 26 heavy (non-hydrogen) atoms. The maximum atomic E-state index is 6.43. The normalized spacial score (nSPS) is 11.1. The minimum Gasteiger partial charge on any atom is -0.383 e. The van der Waals surface area contributed by atoms with E-state index in [0.717, 1.165) is 22.3 Å². The minimum atomic E-state index is 0.508. The number of para-hydroxylation sites is 1. The third kappa shape index (κ3) is 3.00. The number of fused-ring (bicyclic) bond motifs is 1. The SMILES string of the molecule is COCCNc1nc(-c2ccsc2)c2c(N)n(-c3ccccc3)nc2n1. The fourth-order valence-corrected chi connectivity index (χ4v) is 3.37. The molecule has 4 rings (SSSR count). The molecule has 0 fully saturated rings. The molecule has 0 aliphatic carbocycles. The molecular weight excluding hydrogens is 348 g/mol. The molecule has 3 heterocycles. The summed E-state index contributed by atoms with van der Waals surface area (Å²) in [5.41, 5.74) is 9.64. The number of ether oxygens (including phenoxy) is 1. The van der Waals surface area contributed by atoms with E-state index in [4.69, 9.17) is 10.5 Å². The maximum absolute atomic E-state index is 6.43. The third-order valence-corrected chi connectivity index (χ3v) is 4.64. The van der Waals surface area contributed by atoms with Crippen LogP contribution in [0.1, 0.15) is 0 Å². The van der Waals surface area contributed by atoms with Gasteiger partial charge in [-0.25, -0.2) is 9.67 Å². The summed E-state index contributed by atoms with van der Waals surface area (Å²) in [4.78, 5) is 9.22. The Morgan fingerprint density at radius 2 is 2.04 bits per heavy atom. The van der Waals surface area contributed by atoms with E-state index in [2.05, 4.69) is 20.4 Å². The molecule has 8 heteroatoms. The summed E-state index contributed by atoms with van der Waals surface area (Å²) in [6.45, 7) is 1.18. The molecule has 132 valence electrons. The van der Waals surface area contributed by atoms with Crippen molar-refractivity contribution in [3.05, 3.63) is 47.2 Å². The highest BCUT2D eigenvalue weighted by Gasteiger charge is 2.19. The van der Waals surface area contributed by atoms with Gasteiger partial charge in [0.2, 0.25) is 5.95 Å². The largest absolute Gasteiger partial charge is 0.383 e. The smallest absolute Gasteiger partial charge is 0.225 e. The van der Waals surface area contributed by atoms with E-state index >= 15 is 0 Å². The Hall–Kier alpha value is -2.97. The second-order valence-corrected chi connectivity index (χ2v) is 6.44. The molecule has 0 atom stereocenters. The highest BCUT2D eigenvalue weighted by molar-refractivity contribution is 7.08. The standard InChI is InChI=1S/C18H18N6OS/c1-25-9-8-20-18-21-15(12-7-10-26-11-12)14-16(19)24(23-17(14)22-18)13-5-3-2-4-6-13/h2-7,10-11H,8-9,19H2,1H3,(H,20,22,23). The molecular formula is C18H18N6OS. The Kier molecular flexibility index (Phi) is 4.51. The second-order valence-electron chi connectivity index (χ2n) is 5.66. The van der Waals surface area contributed by atoms with Gasteiger partial charge in [0.25, 0.3) is 0 Å². The number of methoxy groups -OCH3 is 1. The molecule has 0 radical (unpaired) electrons. The van der Waals surface area contributed by atoms with Gasteiger partial charge in [-0.05, 0) is 23.6 Å². The number of benzene rings is 1. The van der Waals surface area contributed by atoms with Crippen LogP contribution in [-0.4, -0.2) is 40.0 Å². The van der Waals surface area contributed by atoms with Crippen LogP contribution in [0.2, 0.25) is 0 Å². The van der Waals surface area contributed by atoms with E-state index in [0.29, 0.717) is 30.6 Å². The lowest BCUT2D eigenvalue weighted by Crippen LogP contribution is -2.10. The minimum absolute atomic E-state index is 0.508. The van der Waals surface area contributed by atoms with Gasteiger partial charge >= 0.3 is 0 Å². The summed E-state index contributed by atoms with van der Waals surface area (Å²) in [5.74, 6) is 1.03. The topological polar surface area (TPSA) is 90.9 Å². The first-order valence-corrected chi connectivity index (χ1v) is 9.09. The van der Waals surface area contributed by atoms with Gasteiger partial charge in [-0.2, -0.15) is 16.3 Å². The summed E-state index contributed by atoms with van der Waals surface area (Å²) in [7, 11) is 1.66. The van der Waals surface area contributed by atoms with Crippen molar-refractivity contribution in [1.82, 2.24) is 19.7 Å².